The van der Waals surface area contributed by atoms with E-state index < -0.39 is 6.04 Å². The number of amides is 2. The number of fused-ring (bicyclic) bond motifs is 1. The van der Waals surface area contributed by atoms with Crippen LogP contribution in [0.1, 0.15) is 22.7 Å². The van der Waals surface area contributed by atoms with Crippen molar-refractivity contribution in [2.24, 2.45) is 0 Å². The molecule has 1 fully saturated rings. The Kier molecular flexibility index (Phi) is 6.28. The third-order valence-corrected chi connectivity index (χ3v) is 6.43. The summed E-state index contributed by atoms with van der Waals surface area (Å²) in [5.74, 6) is 0.142. The first-order chi connectivity index (χ1) is 14.9. The summed E-state index contributed by atoms with van der Waals surface area (Å²) >= 11 is 0. The fraction of sp³-hybridized carbons (Fsp3) is 0.440. The van der Waals surface area contributed by atoms with Crippen LogP contribution in [0.25, 0.3) is 0 Å². The Morgan fingerprint density at radius 2 is 1.61 bits per heavy atom. The third-order valence-electron chi connectivity index (χ3n) is 6.43. The average Bonchev–Trinajstić information content (AvgIpc) is 2.79. The number of carbonyl (C=O) groups excluding carboxylic acids is 2. The summed E-state index contributed by atoms with van der Waals surface area (Å²) in [7, 11) is 3.56. The molecule has 0 spiro atoms. The van der Waals surface area contributed by atoms with Gasteiger partial charge in [-0.2, -0.15) is 0 Å². The lowest BCUT2D eigenvalue weighted by Gasteiger charge is -2.40. The van der Waals surface area contributed by atoms with Gasteiger partial charge in [-0.25, -0.2) is 0 Å². The molecule has 6 heteroatoms. The molecule has 2 aliphatic rings. The zero-order valence-corrected chi connectivity index (χ0v) is 18.8. The molecule has 6 nitrogen and oxygen atoms in total. The molecule has 0 N–H and O–H groups in total. The van der Waals surface area contributed by atoms with E-state index in [0.717, 1.165) is 31.6 Å². The molecular formula is C25H32N4O2. The number of benzene rings is 2. The number of hydrogen-bond donors (Lipinski definition) is 0. The van der Waals surface area contributed by atoms with Gasteiger partial charge in [-0.1, -0.05) is 42.0 Å². The fourth-order valence-electron chi connectivity index (χ4n) is 4.57. The van der Waals surface area contributed by atoms with Crippen LogP contribution in [0.4, 0.5) is 5.69 Å². The maximum atomic E-state index is 13.1. The van der Waals surface area contributed by atoms with Crippen LogP contribution in [-0.2, 0) is 16.0 Å². The Hall–Kier alpha value is -2.86. The molecule has 0 bridgehead atoms. The molecule has 0 aromatic heterocycles. The van der Waals surface area contributed by atoms with Gasteiger partial charge >= 0.3 is 0 Å². The molecule has 2 aromatic rings. The van der Waals surface area contributed by atoms with Gasteiger partial charge in [0.2, 0.25) is 11.8 Å². The van der Waals surface area contributed by atoms with Gasteiger partial charge in [0.15, 0.2) is 0 Å². The molecule has 2 aliphatic heterocycles. The minimum atomic E-state index is -0.391. The van der Waals surface area contributed by atoms with E-state index in [1.165, 1.54) is 16.8 Å². The van der Waals surface area contributed by atoms with Crippen molar-refractivity contribution in [2.45, 2.75) is 19.4 Å². The second kappa shape index (κ2) is 9.10. The Morgan fingerprint density at radius 3 is 2.29 bits per heavy atom. The van der Waals surface area contributed by atoms with Crippen LogP contribution in [-0.4, -0.2) is 79.9 Å². The SMILES string of the molecule is Cc1ccc(N2CCN(C(=O)CN3CCc4ccccc4[C@@H]3C(=O)N(C)C)CC2)cc1. The highest BCUT2D eigenvalue weighted by molar-refractivity contribution is 5.85. The van der Waals surface area contributed by atoms with E-state index in [1.807, 2.05) is 23.1 Å². The van der Waals surface area contributed by atoms with Crippen LogP contribution in [0.5, 0.6) is 0 Å². The van der Waals surface area contributed by atoms with Gasteiger partial charge in [-0.15, -0.1) is 0 Å². The van der Waals surface area contributed by atoms with Gasteiger partial charge in [-0.05, 0) is 36.6 Å². The van der Waals surface area contributed by atoms with Crippen LogP contribution in [0, 0.1) is 6.92 Å². The van der Waals surface area contributed by atoms with E-state index in [-0.39, 0.29) is 18.4 Å². The number of nitrogens with zero attached hydrogens (tertiary/aromatic N) is 4. The zero-order chi connectivity index (χ0) is 22.0. The van der Waals surface area contributed by atoms with Gasteiger partial charge in [0.25, 0.3) is 0 Å². The molecule has 2 heterocycles. The molecule has 1 atom stereocenters. The van der Waals surface area contributed by atoms with Gasteiger partial charge in [0, 0.05) is 52.5 Å². The lowest BCUT2D eigenvalue weighted by atomic mass is 9.91. The molecule has 0 aliphatic carbocycles. The Balaban J connectivity index is 1.42. The van der Waals surface area contributed by atoms with Crippen LogP contribution in [0.3, 0.4) is 0 Å². The highest BCUT2D eigenvalue weighted by Gasteiger charge is 2.35. The summed E-state index contributed by atoms with van der Waals surface area (Å²) in [4.78, 5) is 34.1. The van der Waals surface area contributed by atoms with Crippen molar-refractivity contribution in [3.05, 3.63) is 65.2 Å². The fourth-order valence-corrected chi connectivity index (χ4v) is 4.57. The average molecular weight is 421 g/mol. The molecule has 31 heavy (non-hydrogen) atoms. The van der Waals surface area contributed by atoms with Crippen LogP contribution in [0.15, 0.2) is 48.5 Å². The number of piperazine rings is 1. The first-order valence-corrected chi connectivity index (χ1v) is 11.1. The van der Waals surface area contributed by atoms with Crippen LogP contribution in [0.2, 0.25) is 0 Å². The molecule has 0 unspecified atom stereocenters. The second-order valence-electron chi connectivity index (χ2n) is 8.76. The number of aryl methyl sites for hydroxylation is 1. The number of rotatable bonds is 4. The van der Waals surface area contributed by atoms with E-state index in [2.05, 4.69) is 47.1 Å². The molecule has 2 aromatic carbocycles. The predicted molar refractivity (Wildman–Crippen MR) is 123 cm³/mol. The summed E-state index contributed by atoms with van der Waals surface area (Å²) in [6.07, 6.45) is 0.863. The van der Waals surface area contributed by atoms with Crippen molar-refractivity contribution < 1.29 is 9.59 Å². The zero-order valence-electron chi connectivity index (χ0n) is 18.8. The van der Waals surface area contributed by atoms with Crippen molar-refractivity contribution >= 4 is 17.5 Å². The first kappa shape index (κ1) is 21.4. The predicted octanol–water partition coefficient (Wildman–Crippen LogP) is 2.33. The smallest absolute Gasteiger partial charge is 0.244 e. The second-order valence-corrected chi connectivity index (χ2v) is 8.76. The van der Waals surface area contributed by atoms with Gasteiger partial charge in [-0.3, -0.25) is 14.5 Å². The summed E-state index contributed by atoms with van der Waals surface area (Å²) in [5, 5.41) is 0. The van der Waals surface area contributed by atoms with E-state index in [4.69, 9.17) is 0 Å². The van der Waals surface area contributed by atoms with E-state index in [9.17, 15) is 9.59 Å². The molecule has 0 saturated carbocycles. The maximum Gasteiger partial charge on any atom is 0.244 e. The van der Waals surface area contributed by atoms with E-state index in [0.29, 0.717) is 13.1 Å². The molecular weight excluding hydrogens is 388 g/mol. The summed E-state index contributed by atoms with van der Waals surface area (Å²) in [6, 6.07) is 16.3. The molecule has 164 valence electrons. The molecule has 1 saturated heterocycles. The molecule has 4 rings (SSSR count). The topological polar surface area (TPSA) is 47.1 Å². The van der Waals surface area contributed by atoms with Crippen molar-refractivity contribution in [3.63, 3.8) is 0 Å². The number of likely N-dealkylation sites (N-methyl/N-ethyl adjacent to an activating group) is 1. The standard InChI is InChI=1S/C25H32N4O2/c1-19-8-10-21(11-9-19)27-14-16-28(17-15-27)23(30)18-29-13-12-20-6-4-5-7-22(20)24(29)25(31)26(2)3/h4-11,24H,12-18H2,1-3H3/t24-/m1/s1. The number of anilines is 1. The number of hydrogen-bond acceptors (Lipinski definition) is 4. The maximum absolute atomic E-state index is 13.1. The van der Waals surface area contributed by atoms with Crippen molar-refractivity contribution in [3.8, 4) is 0 Å². The summed E-state index contributed by atoms with van der Waals surface area (Å²) < 4.78 is 0. The minimum absolute atomic E-state index is 0.0316. The quantitative estimate of drug-likeness (QED) is 0.762. The van der Waals surface area contributed by atoms with Crippen LogP contribution < -0.4 is 4.90 Å². The first-order valence-electron chi connectivity index (χ1n) is 11.1. The van der Waals surface area contributed by atoms with Crippen LogP contribution >= 0.6 is 0 Å². The highest BCUT2D eigenvalue weighted by Crippen LogP contribution is 2.31. The minimum Gasteiger partial charge on any atom is -0.368 e. The monoisotopic (exact) mass is 420 g/mol. The van der Waals surface area contributed by atoms with E-state index in [1.54, 1.807) is 19.0 Å². The normalized spacial score (nSPS) is 19.1. The number of carbonyl (C=O) groups is 2. The van der Waals surface area contributed by atoms with Crippen molar-refractivity contribution in [2.75, 3.05) is 58.3 Å². The van der Waals surface area contributed by atoms with Crippen molar-refractivity contribution in [1.29, 1.82) is 0 Å². The van der Waals surface area contributed by atoms with E-state index >= 15 is 0 Å². The van der Waals surface area contributed by atoms with Gasteiger partial charge in [0.1, 0.15) is 6.04 Å². The Labute approximate surface area is 185 Å². The Bertz CT molecular complexity index is 933. The lowest BCUT2D eigenvalue weighted by Crippen LogP contribution is -2.53. The third kappa shape index (κ3) is 4.59. The van der Waals surface area contributed by atoms with Gasteiger partial charge < -0.3 is 14.7 Å². The summed E-state index contributed by atoms with van der Waals surface area (Å²) in [5.41, 5.74) is 4.70. The Morgan fingerprint density at radius 1 is 0.935 bits per heavy atom. The van der Waals surface area contributed by atoms with Crippen molar-refractivity contribution in [1.82, 2.24) is 14.7 Å². The highest BCUT2D eigenvalue weighted by atomic mass is 16.2. The largest absolute Gasteiger partial charge is 0.368 e. The molecule has 2 amide bonds. The lowest BCUT2D eigenvalue weighted by molar-refractivity contribution is -0.139. The summed E-state index contributed by atoms with van der Waals surface area (Å²) in [6.45, 7) is 6.18. The van der Waals surface area contributed by atoms with Gasteiger partial charge in [0.05, 0.1) is 6.54 Å². The molecule has 0 radical (unpaired) electrons.